The second-order valence-corrected chi connectivity index (χ2v) is 4.63. The summed E-state index contributed by atoms with van der Waals surface area (Å²) in [5.41, 5.74) is 5.61. The van der Waals surface area contributed by atoms with Gasteiger partial charge in [-0.3, -0.25) is 9.59 Å². The van der Waals surface area contributed by atoms with E-state index < -0.39 is 0 Å². The molecule has 1 aromatic heterocycles. The molecule has 0 bridgehead atoms. The first-order valence-electron chi connectivity index (χ1n) is 6.34. The monoisotopic (exact) mass is 280 g/mol. The second kappa shape index (κ2) is 6.74. The number of pyridine rings is 1. The van der Waals surface area contributed by atoms with Crippen LogP contribution < -0.4 is 11.3 Å². The van der Waals surface area contributed by atoms with Crippen molar-refractivity contribution in [1.82, 2.24) is 9.47 Å². The number of hydrogen-bond donors (Lipinski definition) is 2. The summed E-state index contributed by atoms with van der Waals surface area (Å²) in [6, 6.07) is 2.90. The van der Waals surface area contributed by atoms with Crippen molar-refractivity contribution in [3.8, 4) is 0 Å². The summed E-state index contributed by atoms with van der Waals surface area (Å²) >= 11 is 0. The van der Waals surface area contributed by atoms with Gasteiger partial charge in [0, 0.05) is 43.9 Å². The highest BCUT2D eigenvalue weighted by Crippen LogP contribution is 2.06. The highest BCUT2D eigenvalue weighted by molar-refractivity contribution is 5.94. The zero-order valence-corrected chi connectivity index (χ0v) is 11.9. The van der Waals surface area contributed by atoms with Crippen molar-refractivity contribution < 1.29 is 10.0 Å². The summed E-state index contributed by atoms with van der Waals surface area (Å²) in [5.74, 6) is -0.446. The predicted octanol–water partition coefficient (Wildman–Crippen LogP) is 0.230. The average molecular weight is 280 g/mol. The number of rotatable bonds is 5. The molecule has 0 fully saturated rings. The lowest BCUT2D eigenvalue weighted by molar-refractivity contribution is 0.0753. The summed E-state index contributed by atoms with van der Waals surface area (Å²) in [4.78, 5) is 25.4. The molecule has 0 spiro atoms. The number of carbonyl (C=O) groups excluding carboxylic acids is 1. The van der Waals surface area contributed by atoms with Gasteiger partial charge in [0.1, 0.15) is 5.84 Å². The normalized spacial score (nSPS) is 13.1. The average Bonchev–Trinajstić information content (AvgIpc) is 2.45. The third-order valence-electron chi connectivity index (χ3n) is 3.13. The quantitative estimate of drug-likeness (QED) is 0.349. The van der Waals surface area contributed by atoms with Gasteiger partial charge >= 0.3 is 0 Å². The van der Waals surface area contributed by atoms with Gasteiger partial charge in [-0.05, 0) is 13.0 Å². The van der Waals surface area contributed by atoms with Gasteiger partial charge < -0.3 is 20.4 Å². The van der Waals surface area contributed by atoms with Crippen molar-refractivity contribution >= 4 is 11.7 Å². The Balaban J connectivity index is 2.92. The van der Waals surface area contributed by atoms with Crippen LogP contribution in [0.25, 0.3) is 0 Å². The molecule has 1 atom stereocenters. The van der Waals surface area contributed by atoms with Gasteiger partial charge in [-0.1, -0.05) is 12.1 Å². The number of aryl methyl sites for hydroxylation is 1. The first-order valence-corrected chi connectivity index (χ1v) is 6.34. The molecule has 1 rings (SSSR count). The van der Waals surface area contributed by atoms with E-state index in [1.54, 1.807) is 31.1 Å². The maximum atomic E-state index is 12.3. The zero-order chi connectivity index (χ0) is 15.3. The Kier molecular flexibility index (Phi) is 5.31. The number of amidine groups is 1. The van der Waals surface area contributed by atoms with Gasteiger partial charge in [0.05, 0.1) is 0 Å². The fourth-order valence-electron chi connectivity index (χ4n) is 1.74. The second-order valence-electron chi connectivity index (χ2n) is 4.63. The van der Waals surface area contributed by atoms with E-state index in [0.29, 0.717) is 18.7 Å². The number of aromatic nitrogens is 1. The molecule has 7 nitrogen and oxygen atoms in total. The lowest BCUT2D eigenvalue weighted by atomic mass is 10.1. The van der Waals surface area contributed by atoms with Crippen LogP contribution in [-0.4, -0.2) is 39.5 Å². The van der Waals surface area contributed by atoms with Crippen molar-refractivity contribution in [2.75, 3.05) is 13.1 Å². The molecule has 0 aliphatic heterocycles. The van der Waals surface area contributed by atoms with Crippen molar-refractivity contribution in [3.05, 3.63) is 34.2 Å². The van der Waals surface area contributed by atoms with Crippen molar-refractivity contribution in [2.24, 2.45) is 23.9 Å². The lowest BCUT2D eigenvalue weighted by Gasteiger charge is -2.24. The van der Waals surface area contributed by atoms with E-state index in [0.717, 1.165) is 0 Å². The Morgan fingerprint density at radius 2 is 2.25 bits per heavy atom. The number of oxime groups is 1. The topological polar surface area (TPSA) is 101 Å². The van der Waals surface area contributed by atoms with E-state index in [-0.39, 0.29) is 23.2 Å². The summed E-state index contributed by atoms with van der Waals surface area (Å²) in [7, 11) is 1.62. The molecule has 0 saturated carbocycles. The summed E-state index contributed by atoms with van der Waals surface area (Å²) in [6.07, 6.45) is 1.55. The Labute approximate surface area is 117 Å². The first-order chi connectivity index (χ1) is 9.40. The molecule has 0 aliphatic rings. The summed E-state index contributed by atoms with van der Waals surface area (Å²) < 4.78 is 1.39. The molecular formula is C13H20N4O3. The minimum Gasteiger partial charge on any atom is -0.409 e. The highest BCUT2D eigenvalue weighted by Gasteiger charge is 2.19. The Morgan fingerprint density at radius 1 is 1.60 bits per heavy atom. The maximum absolute atomic E-state index is 12.3. The van der Waals surface area contributed by atoms with Crippen molar-refractivity contribution in [1.29, 1.82) is 0 Å². The summed E-state index contributed by atoms with van der Waals surface area (Å²) in [6.45, 7) is 4.38. The Bertz CT molecular complexity index is 565. The minimum atomic E-state index is -0.268. The van der Waals surface area contributed by atoms with E-state index in [1.165, 1.54) is 10.6 Å². The van der Waals surface area contributed by atoms with Crippen molar-refractivity contribution in [2.45, 2.75) is 13.8 Å². The molecule has 1 unspecified atom stereocenters. The number of nitrogens with two attached hydrogens (primary N) is 1. The fraction of sp³-hybridized carbons (Fsp3) is 0.462. The molecule has 1 amide bonds. The molecule has 7 heteroatoms. The zero-order valence-electron chi connectivity index (χ0n) is 11.9. The molecule has 0 aliphatic carbocycles. The number of nitrogens with zero attached hydrogens (tertiary/aromatic N) is 3. The van der Waals surface area contributed by atoms with Crippen LogP contribution in [0.1, 0.15) is 24.2 Å². The van der Waals surface area contributed by atoms with Crippen LogP contribution >= 0.6 is 0 Å². The Hall–Kier alpha value is -2.31. The van der Waals surface area contributed by atoms with E-state index in [4.69, 9.17) is 10.9 Å². The van der Waals surface area contributed by atoms with E-state index in [1.807, 2.05) is 6.92 Å². The van der Waals surface area contributed by atoms with Crippen LogP contribution in [0.5, 0.6) is 0 Å². The van der Waals surface area contributed by atoms with E-state index in [2.05, 4.69) is 5.16 Å². The van der Waals surface area contributed by atoms with Crippen LogP contribution in [0.15, 0.2) is 28.3 Å². The smallest absolute Gasteiger partial charge is 0.254 e. The fourth-order valence-corrected chi connectivity index (χ4v) is 1.74. The highest BCUT2D eigenvalue weighted by atomic mass is 16.4. The number of hydrogen-bond acceptors (Lipinski definition) is 4. The van der Waals surface area contributed by atoms with Crippen molar-refractivity contribution in [3.63, 3.8) is 0 Å². The largest absolute Gasteiger partial charge is 0.409 e. The molecule has 3 N–H and O–H groups in total. The molecular weight excluding hydrogens is 260 g/mol. The van der Waals surface area contributed by atoms with Gasteiger partial charge in [-0.25, -0.2) is 0 Å². The standard InChI is InChI=1S/C13H20N4O3/c1-4-17(8-9(2)12(14)15-20)13(19)10-5-6-16(3)11(18)7-10/h5-7,9,20H,4,8H2,1-3H3,(H2,14,15). The molecule has 0 aromatic carbocycles. The third-order valence-corrected chi connectivity index (χ3v) is 3.13. The molecule has 0 radical (unpaired) electrons. The van der Waals surface area contributed by atoms with E-state index in [9.17, 15) is 9.59 Å². The maximum Gasteiger partial charge on any atom is 0.254 e. The van der Waals surface area contributed by atoms with E-state index >= 15 is 0 Å². The summed E-state index contributed by atoms with van der Waals surface area (Å²) in [5, 5.41) is 11.6. The minimum absolute atomic E-state index is 0.0697. The van der Waals surface area contributed by atoms with Gasteiger partial charge in [0.2, 0.25) is 0 Å². The molecule has 1 heterocycles. The number of amides is 1. The van der Waals surface area contributed by atoms with Crippen LogP contribution in [0.2, 0.25) is 0 Å². The first kappa shape index (κ1) is 15.7. The third kappa shape index (κ3) is 3.59. The van der Waals surface area contributed by atoms with Gasteiger partial charge in [0.15, 0.2) is 0 Å². The molecule has 110 valence electrons. The van der Waals surface area contributed by atoms with Crippen LogP contribution in [0.3, 0.4) is 0 Å². The Morgan fingerprint density at radius 3 is 2.75 bits per heavy atom. The number of carbonyl (C=O) groups is 1. The van der Waals surface area contributed by atoms with Gasteiger partial charge in [0.25, 0.3) is 11.5 Å². The molecule has 20 heavy (non-hydrogen) atoms. The molecule has 1 aromatic rings. The van der Waals surface area contributed by atoms with Gasteiger partial charge in [-0.2, -0.15) is 0 Å². The van der Waals surface area contributed by atoms with Gasteiger partial charge in [-0.15, -0.1) is 0 Å². The lowest BCUT2D eigenvalue weighted by Crippen LogP contribution is -2.39. The predicted molar refractivity (Wildman–Crippen MR) is 75.8 cm³/mol. The van der Waals surface area contributed by atoms with Crippen LogP contribution in [0, 0.1) is 5.92 Å². The SMILES string of the molecule is CCN(CC(C)/C(N)=N/O)C(=O)c1ccn(C)c(=O)c1. The van der Waals surface area contributed by atoms with Crippen LogP contribution in [-0.2, 0) is 7.05 Å². The molecule has 0 saturated heterocycles. The van der Waals surface area contributed by atoms with Crippen LogP contribution in [0.4, 0.5) is 0 Å².